The molecule has 12 heavy (non-hydrogen) atoms. The molecule has 1 aliphatic rings. The molecule has 1 fully saturated rings. The van der Waals surface area contributed by atoms with E-state index in [1.54, 1.807) is 0 Å². The average Bonchev–Trinajstić information content (AvgIpc) is 2.02. The highest BCUT2D eigenvalue weighted by Crippen LogP contribution is 2.17. The van der Waals surface area contributed by atoms with E-state index in [-0.39, 0.29) is 5.54 Å². The Morgan fingerprint density at radius 1 is 1.67 bits per heavy atom. The molecule has 0 aliphatic carbocycles. The third-order valence-corrected chi connectivity index (χ3v) is 2.27. The molecule has 68 valence electrons. The molecule has 0 saturated carbocycles. The van der Waals surface area contributed by atoms with Gasteiger partial charge in [0.15, 0.2) is 0 Å². The van der Waals surface area contributed by atoms with Crippen LogP contribution in [0.2, 0.25) is 0 Å². The van der Waals surface area contributed by atoms with E-state index in [1.165, 1.54) is 0 Å². The van der Waals surface area contributed by atoms with Gasteiger partial charge in [-0.2, -0.15) is 0 Å². The Labute approximate surface area is 74.5 Å². The van der Waals surface area contributed by atoms with Crippen LogP contribution in [0.15, 0.2) is 18.4 Å². The minimum atomic E-state index is 0.158. The molecule has 0 amide bonds. The van der Waals surface area contributed by atoms with Gasteiger partial charge in [0.2, 0.25) is 0 Å². The molecule has 0 spiro atoms. The fraction of sp³-hybridized carbons (Fsp3) is 0.700. The summed E-state index contributed by atoms with van der Waals surface area (Å²) >= 11 is 0. The molecule has 1 rings (SSSR count). The van der Waals surface area contributed by atoms with Gasteiger partial charge in [-0.15, -0.1) is 5.73 Å². The maximum absolute atomic E-state index is 5.40. The molecule has 0 atom stereocenters. The number of rotatable bonds is 2. The molecule has 0 aromatic carbocycles. The van der Waals surface area contributed by atoms with Gasteiger partial charge in [0.1, 0.15) is 0 Å². The van der Waals surface area contributed by atoms with Gasteiger partial charge in [0, 0.05) is 18.6 Å². The minimum Gasteiger partial charge on any atom is -0.378 e. The molecule has 2 nitrogen and oxygen atoms in total. The van der Waals surface area contributed by atoms with Crippen LogP contribution in [0, 0.1) is 0 Å². The molecular formula is C10H17NO. The molecule has 1 heterocycles. The number of nitrogens with zero attached hydrogens (tertiary/aromatic N) is 1. The normalized spacial score (nSPS) is 23.2. The van der Waals surface area contributed by atoms with Crippen LogP contribution in [0.3, 0.4) is 0 Å². The predicted molar refractivity (Wildman–Crippen MR) is 50.2 cm³/mol. The fourth-order valence-corrected chi connectivity index (χ4v) is 1.40. The Morgan fingerprint density at radius 2 is 2.42 bits per heavy atom. The molecule has 1 aliphatic heterocycles. The largest absolute Gasteiger partial charge is 0.378 e. The van der Waals surface area contributed by atoms with Gasteiger partial charge in [-0.25, -0.2) is 0 Å². The van der Waals surface area contributed by atoms with Crippen molar-refractivity contribution in [1.29, 1.82) is 0 Å². The summed E-state index contributed by atoms with van der Waals surface area (Å²) in [6.07, 6.45) is 1.97. The smallest absolute Gasteiger partial charge is 0.0645 e. The van der Waals surface area contributed by atoms with Crippen LogP contribution in [-0.2, 0) is 4.74 Å². The predicted octanol–water partition coefficient (Wildman–Crippen LogP) is 1.44. The zero-order chi connectivity index (χ0) is 9.03. The van der Waals surface area contributed by atoms with Crippen LogP contribution in [0.4, 0.5) is 0 Å². The summed E-state index contributed by atoms with van der Waals surface area (Å²) in [4.78, 5) is 2.38. The first-order valence-electron chi connectivity index (χ1n) is 4.34. The Kier molecular flexibility index (Phi) is 3.10. The highest BCUT2D eigenvalue weighted by Gasteiger charge is 2.29. The summed E-state index contributed by atoms with van der Waals surface area (Å²) < 4.78 is 5.40. The van der Waals surface area contributed by atoms with Gasteiger partial charge in [-0.1, -0.05) is 6.58 Å². The van der Waals surface area contributed by atoms with Gasteiger partial charge in [-0.3, -0.25) is 4.90 Å². The van der Waals surface area contributed by atoms with Crippen molar-refractivity contribution in [3.8, 4) is 0 Å². The first-order valence-corrected chi connectivity index (χ1v) is 4.34. The van der Waals surface area contributed by atoms with Crippen molar-refractivity contribution in [3.63, 3.8) is 0 Å². The molecule has 0 unspecified atom stereocenters. The Morgan fingerprint density at radius 3 is 3.00 bits per heavy atom. The molecule has 0 bridgehead atoms. The number of ether oxygens (including phenoxy) is 1. The number of morpholine rings is 1. The van der Waals surface area contributed by atoms with E-state index in [0.29, 0.717) is 0 Å². The monoisotopic (exact) mass is 167 g/mol. The van der Waals surface area contributed by atoms with E-state index in [9.17, 15) is 0 Å². The zero-order valence-corrected chi connectivity index (χ0v) is 7.97. The SMILES string of the molecule is C=C=CCN1CCOCC1(C)C. The summed E-state index contributed by atoms with van der Waals surface area (Å²) in [7, 11) is 0. The Balaban J connectivity index is 2.53. The topological polar surface area (TPSA) is 12.5 Å². The van der Waals surface area contributed by atoms with Crippen LogP contribution in [-0.4, -0.2) is 36.7 Å². The lowest BCUT2D eigenvalue weighted by atomic mass is 10.0. The van der Waals surface area contributed by atoms with Crippen molar-refractivity contribution in [3.05, 3.63) is 18.4 Å². The van der Waals surface area contributed by atoms with Crippen LogP contribution in [0.25, 0.3) is 0 Å². The molecular weight excluding hydrogens is 150 g/mol. The van der Waals surface area contributed by atoms with Crippen LogP contribution in [0.1, 0.15) is 13.8 Å². The van der Waals surface area contributed by atoms with Crippen molar-refractivity contribution in [2.75, 3.05) is 26.3 Å². The maximum atomic E-state index is 5.40. The van der Waals surface area contributed by atoms with Crippen molar-refractivity contribution in [1.82, 2.24) is 4.90 Å². The van der Waals surface area contributed by atoms with Crippen LogP contribution >= 0.6 is 0 Å². The molecule has 1 saturated heterocycles. The lowest BCUT2D eigenvalue weighted by Gasteiger charge is -2.41. The van der Waals surface area contributed by atoms with Crippen LogP contribution in [0.5, 0.6) is 0 Å². The summed E-state index contributed by atoms with van der Waals surface area (Å²) in [5, 5.41) is 0. The Bertz CT molecular complexity index is 192. The summed E-state index contributed by atoms with van der Waals surface area (Å²) in [6, 6.07) is 0. The molecule has 0 aromatic rings. The first-order chi connectivity index (χ1) is 5.67. The van der Waals surface area contributed by atoms with E-state index in [2.05, 4.69) is 31.1 Å². The second-order valence-corrected chi connectivity index (χ2v) is 3.72. The van der Waals surface area contributed by atoms with E-state index in [4.69, 9.17) is 4.74 Å². The lowest BCUT2D eigenvalue weighted by Crippen LogP contribution is -2.52. The lowest BCUT2D eigenvalue weighted by molar-refractivity contribution is -0.0450. The summed E-state index contributed by atoms with van der Waals surface area (Å²) in [5.41, 5.74) is 2.95. The zero-order valence-electron chi connectivity index (χ0n) is 7.97. The number of hydrogen-bond donors (Lipinski definition) is 0. The van der Waals surface area contributed by atoms with Crippen molar-refractivity contribution in [2.45, 2.75) is 19.4 Å². The van der Waals surface area contributed by atoms with E-state index < -0.39 is 0 Å². The Hall–Kier alpha value is -0.560. The molecule has 0 aromatic heterocycles. The van der Waals surface area contributed by atoms with Crippen molar-refractivity contribution in [2.24, 2.45) is 0 Å². The van der Waals surface area contributed by atoms with Gasteiger partial charge < -0.3 is 4.74 Å². The van der Waals surface area contributed by atoms with E-state index in [0.717, 1.165) is 26.3 Å². The quantitative estimate of drug-likeness (QED) is 0.577. The van der Waals surface area contributed by atoms with Gasteiger partial charge in [-0.05, 0) is 19.9 Å². The third kappa shape index (κ3) is 2.21. The maximum Gasteiger partial charge on any atom is 0.0645 e. The minimum absolute atomic E-state index is 0.158. The molecule has 2 heteroatoms. The van der Waals surface area contributed by atoms with Gasteiger partial charge >= 0.3 is 0 Å². The summed E-state index contributed by atoms with van der Waals surface area (Å²) in [6.45, 7) is 11.5. The average molecular weight is 167 g/mol. The van der Waals surface area contributed by atoms with E-state index >= 15 is 0 Å². The fourth-order valence-electron chi connectivity index (χ4n) is 1.40. The highest BCUT2D eigenvalue weighted by molar-refractivity contribution is 4.90. The van der Waals surface area contributed by atoms with Gasteiger partial charge in [0.05, 0.1) is 13.2 Å². The second-order valence-electron chi connectivity index (χ2n) is 3.72. The molecule has 0 radical (unpaired) electrons. The number of hydrogen-bond acceptors (Lipinski definition) is 2. The summed E-state index contributed by atoms with van der Waals surface area (Å²) in [5.74, 6) is 0. The molecule has 0 N–H and O–H groups in total. The van der Waals surface area contributed by atoms with E-state index in [1.807, 2.05) is 6.08 Å². The standard InChI is InChI=1S/C10H17NO/c1-4-5-6-11-7-8-12-9-10(11,2)3/h5H,1,6-9H2,2-3H3. The van der Waals surface area contributed by atoms with Gasteiger partial charge in [0.25, 0.3) is 0 Å². The highest BCUT2D eigenvalue weighted by atomic mass is 16.5. The van der Waals surface area contributed by atoms with Crippen molar-refractivity contribution < 1.29 is 4.74 Å². The van der Waals surface area contributed by atoms with Crippen molar-refractivity contribution >= 4 is 0 Å². The second kappa shape index (κ2) is 3.90. The first kappa shape index (κ1) is 9.53. The third-order valence-electron chi connectivity index (χ3n) is 2.27. The van der Waals surface area contributed by atoms with Crippen LogP contribution < -0.4 is 0 Å².